The Morgan fingerprint density at radius 2 is 1.94 bits per heavy atom. The number of hydrogen-bond donors (Lipinski definition) is 2. The number of aliphatic hydroxyl groups is 1. The Kier molecular flexibility index (Phi) is 4.85. The fourth-order valence-electron chi connectivity index (χ4n) is 1.40. The second kappa shape index (κ2) is 5.75. The van der Waals surface area contributed by atoms with Gasteiger partial charge >= 0.3 is 5.97 Å². The molecule has 2 unspecified atom stereocenters. The molecule has 0 aromatic heterocycles. The summed E-state index contributed by atoms with van der Waals surface area (Å²) in [5.41, 5.74) is 0.638. The van der Waals surface area contributed by atoms with E-state index in [1.165, 1.54) is 13.0 Å². The van der Waals surface area contributed by atoms with Gasteiger partial charge in [-0.2, -0.15) is 0 Å². The molecule has 1 aromatic rings. The molecule has 0 radical (unpaired) electrons. The predicted molar refractivity (Wildman–Crippen MR) is 69.1 cm³/mol. The highest BCUT2D eigenvalue weighted by molar-refractivity contribution is 9.11. The molecular formula is C11H10Br2O4. The number of carbonyl (C=O) groups is 2. The first kappa shape index (κ1) is 14.3. The van der Waals surface area contributed by atoms with Gasteiger partial charge in [-0.3, -0.25) is 4.79 Å². The minimum atomic E-state index is -1.65. The molecule has 0 fully saturated rings. The zero-order valence-corrected chi connectivity index (χ0v) is 12.0. The van der Waals surface area contributed by atoms with Gasteiger partial charge in [0, 0.05) is 4.47 Å². The van der Waals surface area contributed by atoms with Crippen molar-refractivity contribution in [2.24, 2.45) is 0 Å². The van der Waals surface area contributed by atoms with Crippen LogP contribution in [0.25, 0.3) is 0 Å². The Bertz CT molecular complexity index is 459. The largest absolute Gasteiger partial charge is 0.479 e. The zero-order chi connectivity index (χ0) is 13.2. The minimum absolute atomic E-state index is 0.171. The molecule has 1 aromatic carbocycles. The lowest BCUT2D eigenvalue weighted by atomic mass is 9.98. The second-order valence-corrected chi connectivity index (χ2v) is 5.23. The maximum Gasteiger partial charge on any atom is 0.337 e. The molecular weight excluding hydrogens is 356 g/mol. The summed E-state index contributed by atoms with van der Waals surface area (Å²) in [6.07, 6.45) is -1.65. The number of benzene rings is 1. The van der Waals surface area contributed by atoms with Crippen molar-refractivity contribution in [2.45, 2.75) is 17.9 Å². The number of carboxylic acid groups (broad SMARTS) is 1. The Balaban J connectivity index is 3.36. The third-order valence-corrected chi connectivity index (χ3v) is 4.02. The molecule has 0 aliphatic heterocycles. The number of hydrogen-bond acceptors (Lipinski definition) is 3. The number of carbonyl (C=O) groups excluding carboxylic acids is 1. The lowest BCUT2D eigenvalue weighted by molar-refractivity contribution is -0.147. The highest BCUT2D eigenvalue weighted by atomic mass is 79.9. The van der Waals surface area contributed by atoms with Gasteiger partial charge in [-0.15, -0.1) is 0 Å². The normalized spacial score (nSPS) is 14.1. The number of aliphatic hydroxyl groups excluding tert-OH is 1. The van der Waals surface area contributed by atoms with Gasteiger partial charge in [0.05, 0.1) is 4.83 Å². The van der Waals surface area contributed by atoms with E-state index in [1.54, 1.807) is 12.1 Å². The molecule has 4 nitrogen and oxygen atoms in total. The maximum absolute atomic E-state index is 11.3. The van der Waals surface area contributed by atoms with Gasteiger partial charge < -0.3 is 10.2 Å². The van der Waals surface area contributed by atoms with E-state index in [9.17, 15) is 14.7 Å². The third-order valence-electron chi connectivity index (χ3n) is 2.23. The van der Waals surface area contributed by atoms with Gasteiger partial charge in [0.2, 0.25) is 0 Å². The van der Waals surface area contributed by atoms with Crippen LogP contribution in [0.15, 0.2) is 22.7 Å². The number of ketones is 1. The lowest BCUT2D eigenvalue weighted by Crippen LogP contribution is -2.15. The molecule has 0 saturated carbocycles. The van der Waals surface area contributed by atoms with Crippen LogP contribution >= 0.6 is 31.9 Å². The van der Waals surface area contributed by atoms with Gasteiger partial charge in [-0.1, -0.05) is 44.0 Å². The van der Waals surface area contributed by atoms with Gasteiger partial charge in [0.1, 0.15) is 5.78 Å². The molecule has 0 aliphatic rings. The Morgan fingerprint density at radius 1 is 1.35 bits per heavy atom. The average molecular weight is 366 g/mol. The molecule has 92 valence electrons. The highest BCUT2D eigenvalue weighted by Crippen LogP contribution is 2.36. The van der Waals surface area contributed by atoms with Crippen LogP contribution in [0.3, 0.4) is 0 Å². The van der Waals surface area contributed by atoms with E-state index in [4.69, 9.17) is 5.11 Å². The van der Waals surface area contributed by atoms with Crippen LogP contribution in [0.2, 0.25) is 0 Å². The number of carboxylic acids is 1. The molecule has 0 saturated heterocycles. The molecule has 0 heterocycles. The topological polar surface area (TPSA) is 74.6 Å². The van der Waals surface area contributed by atoms with Crippen LogP contribution in [0.4, 0.5) is 0 Å². The fraction of sp³-hybridized carbons (Fsp3) is 0.273. The summed E-state index contributed by atoms with van der Waals surface area (Å²) < 4.78 is 0.576. The standard InChI is InChI=1S/C11H10Br2O4/c1-5(14)9(13)8-6(10(15)11(16)17)3-2-4-7(8)12/h2-4,9-10,15H,1H3,(H,16,17). The van der Waals surface area contributed by atoms with Crippen molar-refractivity contribution in [3.05, 3.63) is 33.8 Å². The fourth-order valence-corrected chi connectivity index (χ4v) is 2.82. The van der Waals surface area contributed by atoms with E-state index in [-0.39, 0.29) is 11.3 Å². The van der Waals surface area contributed by atoms with Crippen molar-refractivity contribution < 1.29 is 19.8 Å². The summed E-state index contributed by atoms with van der Waals surface area (Å²) in [7, 11) is 0. The van der Waals surface area contributed by atoms with Crippen molar-refractivity contribution >= 4 is 43.6 Å². The molecule has 1 rings (SSSR count). The predicted octanol–water partition coefficient (Wildman–Crippen LogP) is 2.59. The number of halogens is 2. The smallest absolute Gasteiger partial charge is 0.337 e. The summed E-state index contributed by atoms with van der Waals surface area (Å²) in [6.45, 7) is 1.38. The van der Waals surface area contributed by atoms with Crippen molar-refractivity contribution in [1.82, 2.24) is 0 Å². The van der Waals surface area contributed by atoms with Crippen LogP contribution in [0.1, 0.15) is 29.0 Å². The van der Waals surface area contributed by atoms with E-state index in [0.29, 0.717) is 10.0 Å². The highest BCUT2D eigenvalue weighted by Gasteiger charge is 2.26. The molecule has 17 heavy (non-hydrogen) atoms. The number of Topliss-reactive ketones (excluding diaryl/α,β-unsaturated/α-hetero) is 1. The Labute approximate surface area is 115 Å². The van der Waals surface area contributed by atoms with Crippen molar-refractivity contribution in [3.63, 3.8) is 0 Å². The molecule has 0 bridgehead atoms. The number of rotatable bonds is 4. The molecule has 2 N–H and O–H groups in total. The van der Waals surface area contributed by atoms with Crippen LogP contribution in [0, 0.1) is 0 Å². The van der Waals surface area contributed by atoms with E-state index in [1.807, 2.05) is 0 Å². The van der Waals surface area contributed by atoms with Crippen molar-refractivity contribution in [1.29, 1.82) is 0 Å². The quantitative estimate of drug-likeness (QED) is 0.804. The third kappa shape index (κ3) is 3.14. The SMILES string of the molecule is CC(=O)C(Br)c1c(Br)cccc1C(O)C(=O)O. The van der Waals surface area contributed by atoms with Crippen LogP contribution in [-0.4, -0.2) is 22.0 Å². The van der Waals surface area contributed by atoms with Crippen LogP contribution in [0.5, 0.6) is 0 Å². The second-order valence-electron chi connectivity index (χ2n) is 3.46. The van der Waals surface area contributed by atoms with E-state index >= 15 is 0 Å². The first-order chi connectivity index (χ1) is 7.86. The molecule has 6 heteroatoms. The summed E-state index contributed by atoms with van der Waals surface area (Å²) >= 11 is 6.43. The van der Waals surface area contributed by atoms with Gasteiger partial charge in [0.25, 0.3) is 0 Å². The van der Waals surface area contributed by atoms with E-state index in [0.717, 1.165) is 0 Å². The molecule has 0 spiro atoms. The van der Waals surface area contributed by atoms with Crippen LogP contribution < -0.4 is 0 Å². The van der Waals surface area contributed by atoms with Crippen molar-refractivity contribution in [3.8, 4) is 0 Å². The first-order valence-electron chi connectivity index (χ1n) is 4.70. The summed E-state index contributed by atoms with van der Waals surface area (Å²) in [4.78, 5) is 21.5. The Morgan fingerprint density at radius 3 is 2.41 bits per heavy atom. The summed E-state index contributed by atoms with van der Waals surface area (Å²) in [5.74, 6) is -1.52. The Hall–Kier alpha value is -0.720. The maximum atomic E-state index is 11.3. The average Bonchev–Trinajstić information content (AvgIpc) is 2.26. The molecule has 0 amide bonds. The van der Waals surface area contributed by atoms with Crippen molar-refractivity contribution in [2.75, 3.05) is 0 Å². The monoisotopic (exact) mass is 364 g/mol. The van der Waals surface area contributed by atoms with E-state index in [2.05, 4.69) is 31.9 Å². The zero-order valence-electron chi connectivity index (χ0n) is 8.85. The first-order valence-corrected chi connectivity index (χ1v) is 6.40. The molecule has 2 atom stereocenters. The van der Waals surface area contributed by atoms with Gasteiger partial charge in [-0.25, -0.2) is 4.79 Å². The van der Waals surface area contributed by atoms with Crippen LogP contribution in [-0.2, 0) is 9.59 Å². The lowest BCUT2D eigenvalue weighted by Gasteiger charge is -2.16. The number of alkyl halides is 1. The molecule has 0 aliphatic carbocycles. The van der Waals surface area contributed by atoms with Gasteiger partial charge in [-0.05, 0) is 24.1 Å². The number of aliphatic carboxylic acids is 1. The summed E-state index contributed by atoms with van der Waals surface area (Å²) in [5, 5.41) is 18.4. The van der Waals surface area contributed by atoms with Gasteiger partial charge in [0.15, 0.2) is 6.10 Å². The summed E-state index contributed by atoms with van der Waals surface area (Å²) in [6, 6.07) is 4.77. The minimum Gasteiger partial charge on any atom is -0.479 e. The van der Waals surface area contributed by atoms with E-state index < -0.39 is 16.9 Å².